The molecule has 0 aliphatic heterocycles. The van der Waals surface area contributed by atoms with Gasteiger partial charge in [-0.05, 0) is 39.0 Å². The molecule has 116 valence electrons. The Morgan fingerprint density at radius 3 is 2.45 bits per heavy atom. The van der Waals surface area contributed by atoms with Gasteiger partial charge in [-0.1, -0.05) is 6.07 Å². The molecule has 0 atom stereocenters. The van der Waals surface area contributed by atoms with E-state index in [1.807, 2.05) is 6.07 Å². The van der Waals surface area contributed by atoms with Gasteiger partial charge in [0.15, 0.2) is 0 Å². The number of carbonyl (C=O) groups excluding carboxylic acids is 2. The number of nitrogens with zero attached hydrogens (tertiary/aromatic N) is 2. The Morgan fingerprint density at radius 2 is 2.00 bits per heavy atom. The maximum absolute atomic E-state index is 12.1. The zero-order valence-electron chi connectivity index (χ0n) is 13.2. The molecule has 0 heterocycles. The number of hydrogen-bond donors (Lipinski definition) is 2. The summed E-state index contributed by atoms with van der Waals surface area (Å²) < 4.78 is 0. The molecule has 6 nitrogen and oxygen atoms in total. The minimum absolute atomic E-state index is 0.160. The summed E-state index contributed by atoms with van der Waals surface area (Å²) in [4.78, 5) is 25.1. The fourth-order valence-electron chi connectivity index (χ4n) is 1.70. The van der Waals surface area contributed by atoms with Gasteiger partial charge < -0.3 is 11.1 Å². The molecule has 0 spiro atoms. The zero-order chi connectivity index (χ0) is 16.9. The molecule has 1 rings (SSSR count). The fourth-order valence-corrected chi connectivity index (χ4v) is 1.70. The number of anilines is 2. The van der Waals surface area contributed by atoms with E-state index in [1.54, 1.807) is 45.0 Å². The lowest BCUT2D eigenvalue weighted by Gasteiger charge is -2.21. The van der Waals surface area contributed by atoms with Crippen molar-refractivity contribution in [1.82, 2.24) is 5.32 Å². The van der Waals surface area contributed by atoms with Crippen LogP contribution in [0.5, 0.6) is 0 Å². The first kappa shape index (κ1) is 17.2. The summed E-state index contributed by atoms with van der Waals surface area (Å²) in [6.45, 7) is 6.76. The van der Waals surface area contributed by atoms with Crippen molar-refractivity contribution in [2.75, 3.05) is 10.6 Å². The SMILES string of the molecule is CC(=O)N(/C=C(/C#N)C(=O)NC(C)(C)C)c1cccc(N)c1. The average Bonchev–Trinajstić information content (AvgIpc) is 2.37. The standard InChI is InChI=1S/C16H20N4O2/c1-11(21)20(14-7-5-6-13(18)8-14)10-12(9-17)15(22)19-16(2,3)4/h5-8,10H,18H2,1-4H3,(H,19,22)/b12-10-. The van der Waals surface area contributed by atoms with Gasteiger partial charge in [0.2, 0.25) is 5.91 Å². The summed E-state index contributed by atoms with van der Waals surface area (Å²) in [5.41, 5.74) is 6.03. The minimum atomic E-state index is -0.537. The number of carbonyl (C=O) groups is 2. The van der Waals surface area contributed by atoms with Crippen LogP contribution in [0.25, 0.3) is 0 Å². The van der Waals surface area contributed by atoms with Gasteiger partial charge in [0.05, 0.1) is 5.69 Å². The summed E-state index contributed by atoms with van der Waals surface area (Å²) >= 11 is 0. The highest BCUT2D eigenvalue weighted by atomic mass is 16.2. The predicted octanol–water partition coefficient (Wildman–Crippen LogP) is 1.94. The zero-order valence-corrected chi connectivity index (χ0v) is 13.2. The molecule has 0 fully saturated rings. The minimum Gasteiger partial charge on any atom is -0.399 e. The summed E-state index contributed by atoms with van der Waals surface area (Å²) in [5.74, 6) is -0.868. The number of nitrogens with two attached hydrogens (primary N) is 1. The number of nitriles is 1. The Kier molecular flexibility index (Phi) is 5.30. The Labute approximate surface area is 130 Å². The van der Waals surface area contributed by atoms with Crippen LogP contribution in [0.2, 0.25) is 0 Å². The van der Waals surface area contributed by atoms with Gasteiger partial charge in [-0.3, -0.25) is 14.5 Å². The highest BCUT2D eigenvalue weighted by Gasteiger charge is 2.19. The molecule has 3 N–H and O–H groups in total. The smallest absolute Gasteiger partial charge is 0.263 e. The van der Waals surface area contributed by atoms with Gasteiger partial charge in [-0.2, -0.15) is 5.26 Å². The maximum Gasteiger partial charge on any atom is 0.263 e. The second-order valence-corrected chi connectivity index (χ2v) is 5.84. The van der Waals surface area contributed by atoms with Crippen molar-refractivity contribution in [2.24, 2.45) is 0 Å². The van der Waals surface area contributed by atoms with Crippen LogP contribution in [0, 0.1) is 11.3 Å². The van der Waals surface area contributed by atoms with E-state index in [0.29, 0.717) is 11.4 Å². The van der Waals surface area contributed by atoms with Crippen LogP contribution in [-0.4, -0.2) is 17.4 Å². The van der Waals surface area contributed by atoms with Crippen LogP contribution in [0.3, 0.4) is 0 Å². The molecule has 22 heavy (non-hydrogen) atoms. The molecule has 6 heteroatoms. The molecular weight excluding hydrogens is 280 g/mol. The van der Waals surface area contributed by atoms with Crippen molar-refractivity contribution in [3.63, 3.8) is 0 Å². The molecular formula is C16H20N4O2. The Hall–Kier alpha value is -2.81. The summed E-state index contributed by atoms with van der Waals surface area (Å²) in [6, 6.07) is 8.46. The lowest BCUT2D eigenvalue weighted by molar-refractivity contribution is -0.118. The van der Waals surface area contributed by atoms with E-state index in [9.17, 15) is 14.9 Å². The van der Waals surface area contributed by atoms with Gasteiger partial charge in [0.25, 0.3) is 5.91 Å². The van der Waals surface area contributed by atoms with E-state index in [0.717, 1.165) is 0 Å². The molecule has 0 unspecified atom stereocenters. The van der Waals surface area contributed by atoms with Gasteiger partial charge in [-0.25, -0.2) is 0 Å². The number of hydrogen-bond acceptors (Lipinski definition) is 4. The molecule has 0 aromatic heterocycles. The van der Waals surface area contributed by atoms with E-state index >= 15 is 0 Å². The highest BCUT2D eigenvalue weighted by Crippen LogP contribution is 2.19. The van der Waals surface area contributed by atoms with Crippen LogP contribution in [0.15, 0.2) is 36.0 Å². The largest absolute Gasteiger partial charge is 0.399 e. The van der Waals surface area contributed by atoms with Gasteiger partial charge in [0, 0.05) is 24.4 Å². The first-order valence-corrected chi connectivity index (χ1v) is 6.74. The normalized spacial score (nSPS) is 11.5. The first-order chi connectivity index (χ1) is 10.1. The van der Waals surface area contributed by atoms with Crippen LogP contribution in [0.1, 0.15) is 27.7 Å². The molecule has 0 saturated heterocycles. The molecule has 0 aliphatic rings. The van der Waals surface area contributed by atoms with Crippen LogP contribution in [-0.2, 0) is 9.59 Å². The molecule has 0 aliphatic carbocycles. The van der Waals surface area contributed by atoms with Gasteiger partial charge in [-0.15, -0.1) is 0 Å². The lowest BCUT2D eigenvalue weighted by atomic mass is 10.1. The second kappa shape index (κ2) is 6.76. The van der Waals surface area contributed by atoms with Gasteiger partial charge in [0.1, 0.15) is 11.6 Å². The third kappa shape index (κ3) is 4.94. The average molecular weight is 300 g/mol. The van der Waals surface area contributed by atoms with E-state index in [-0.39, 0.29) is 11.5 Å². The number of rotatable bonds is 3. The van der Waals surface area contributed by atoms with Crippen molar-refractivity contribution in [1.29, 1.82) is 5.26 Å². The molecule has 0 radical (unpaired) electrons. The summed E-state index contributed by atoms with van der Waals surface area (Å²) in [5, 5.41) is 11.9. The Morgan fingerprint density at radius 1 is 1.36 bits per heavy atom. The van der Waals surface area contributed by atoms with Crippen LogP contribution >= 0.6 is 0 Å². The van der Waals surface area contributed by atoms with E-state index in [4.69, 9.17) is 5.73 Å². The first-order valence-electron chi connectivity index (χ1n) is 6.74. The molecule has 0 saturated carbocycles. The maximum atomic E-state index is 12.1. The van der Waals surface area contributed by atoms with E-state index in [2.05, 4.69) is 5.32 Å². The molecule has 0 bridgehead atoms. The number of benzene rings is 1. The summed E-state index contributed by atoms with van der Waals surface area (Å²) in [6.07, 6.45) is 1.22. The number of nitrogens with one attached hydrogen (secondary N) is 1. The number of amides is 2. The van der Waals surface area contributed by atoms with Crippen LogP contribution < -0.4 is 16.0 Å². The molecule has 1 aromatic carbocycles. The van der Waals surface area contributed by atoms with E-state index < -0.39 is 11.4 Å². The highest BCUT2D eigenvalue weighted by molar-refractivity contribution is 6.01. The topological polar surface area (TPSA) is 99.2 Å². The summed E-state index contributed by atoms with van der Waals surface area (Å²) in [7, 11) is 0. The quantitative estimate of drug-likeness (QED) is 0.506. The molecule has 2 amide bonds. The van der Waals surface area contributed by atoms with E-state index in [1.165, 1.54) is 18.0 Å². The monoisotopic (exact) mass is 300 g/mol. The Bertz CT molecular complexity index is 651. The van der Waals surface area contributed by atoms with Crippen molar-refractivity contribution >= 4 is 23.2 Å². The predicted molar refractivity (Wildman–Crippen MR) is 85.6 cm³/mol. The van der Waals surface area contributed by atoms with Crippen molar-refractivity contribution in [3.05, 3.63) is 36.0 Å². The van der Waals surface area contributed by atoms with Crippen molar-refractivity contribution in [2.45, 2.75) is 33.2 Å². The fraction of sp³-hybridized carbons (Fsp3) is 0.312. The third-order valence-corrected chi connectivity index (χ3v) is 2.60. The van der Waals surface area contributed by atoms with Crippen LogP contribution in [0.4, 0.5) is 11.4 Å². The molecule has 1 aromatic rings. The Balaban J connectivity index is 3.18. The van der Waals surface area contributed by atoms with Crippen molar-refractivity contribution < 1.29 is 9.59 Å². The van der Waals surface area contributed by atoms with Crippen molar-refractivity contribution in [3.8, 4) is 6.07 Å². The number of nitrogen functional groups attached to an aromatic ring is 1. The third-order valence-electron chi connectivity index (χ3n) is 2.60. The second-order valence-electron chi connectivity index (χ2n) is 5.84. The lowest BCUT2D eigenvalue weighted by Crippen LogP contribution is -2.41. The van der Waals surface area contributed by atoms with Gasteiger partial charge >= 0.3 is 0 Å².